The first-order valence-corrected chi connectivity index (χ1v) is 9.74. The highest BCUT2D eigenvalue weighted by molar-refractivity contribution is 5.87. The van der Waals surface area contributed by atoms with Crippen LogP contribution in [0.4, 0.5) is 5.82 Å². The van der Waals surface area contributed by atoms with Crippen LogP contribution in [0.2, 0.25) is 0 Å². The van der Waals surface area contributed by atoms with Crippen LogP contribution in [0.15, 0.2) is 73.3 Å². The fourth-order valence-corrected chi connectivity index (χ4v) is 3.71. The third-order valence-corrected chi connectivity index (χ3v) is 5.11. The molecule has 1 aliphatic rings. The van der Waals surface area contributed by atoms with Gasteiger partial charge in [0.05, 0.1) is 11.7 Å². The van der Waals surface area contributed by atoms with Crippen LogP contribution in [-0.2, 0) is 4.79 Å². The molecule has 4 rings (SSSR count). The normalized spacial score (nSPS) is 16.4. The van der Waals surface area contributed by atoms with Crippen molar-refractivity contribution in [1.29, 1.82) is 0 Å². The van der Waals surface area contributed by atoms with Crippen LogP contribution in [0.1, 0.15) is 18.9 Å². The van der Waals surface area contributed by atoms with Crippen molar-refractivity contribution in [3.63, 3.8) is 0 Å². The number of carbonyl (C=O) groups excluding carboxylic acids is 1. The second-order valence-corrected chi connectivity index (χ2v) is 7.12. The van der Waals surface area contributed by atoms with E-state index in [0.29, 0.717) is 12.4 Å². The van der Waals surface area contributed by atoms with E-state index in [1.165, 1.54) is 6.08 Å². The number of aromatic nitrogens is 2. The minimum atomic E-state index is -0.0428. The van der Waals surface area contributed by atoms with E-state index >= 15 is 0 Å². The molecule has 1 aromatic heterocycles. The molecule has 0 unspecified atom stereocenters. The number of piperidine rings is 1. The minimum absolute atomic E-state index is 0.0428. The lowest BCUT2D eigenvalue weighted by Gasteiger charge is -2.33. The summed E-state index contributed by atoms with van der Waals surface area (Å²) >= 11 is 0. The van der Waals surface area contributed by atoms with E-state index in [2.05, 4.69) is 11.7 Å². The molecule has 29 heavy (non-hydrogen) atoms. The summed E-state index contributed by atoms with van der Waals surface area (Å²) in [6, 6.07) is 19.5. The molecule has 0 saturated carbocycles. The Kier molecular flexibility index (Phi) is 5.33. The maximum absolute atomic E-state index is 12.0. The van der Waals surface area contributed by atoms with Gasteiger partial charge in [-0.25, -0.2) is 0 Å². The highest BCUT2D eigenvalue weighted by Crippen LogP contribution is 2.31. The molecule has 6 heteroatoms. The van der Waals surface area contributed by atoms with Crippen molar-refractivity contribution < 1.29 is 9.53 Å². The number of ether oxygens (including phenoxy) is 1. The van der Waals surface area contributed by atoms with E-state index in [-0.39, 0.29) is 11.9 Å². The number of nitrogens with zero attached hydrogens (tertiary/aromatic N) is 3. The molecule has 0 spiro atoms. The van der Waals surface area contributed by atoms with E-state index in [9.17, 15) is 4.79 Å². The van der Waals surface area contributed by atoms with Gasteiger partial charge in [0.25, 0.3) is 0 Å². The van der Waals surface area contributed by atoms with Crippen molar-refractivity contribution in [2.45, 2.75) is 18.9 Å². The lowest BCUT2D eigenvalue weighted by molar-refractivity contribution is -0.127. The molecule has 1 aliphatic heterocycles. The summed E-state index contributed by atoms with van der Waals surface area (Å²) in [6.45, 7) is 4.95. The average Bonchev–Trinajstić information content (AvgIpc) is 3.16. The summed E-state index contributed by atoms with van der Waals surface area (Å²) in [6.07, 6.45) is 3.24. The monoisotopic (exact) mass is 388 g/mol. The molecule has 1 atom stereocenters. The molecule has 0 aliphatic carbocycles. The standard InChI is InChI=1S/C23H24N4O2/c1-2-23(28)26-14-6-7-18(16-26)27-21(15-22(24)25-27)17-10-12-20(13-11-17)29-19-8-4-3-5-9-19/h2-5,8-13,15,18H,1,6-7,14,16H2,(H2,24,25)/t18-/m0/s1. The molecular formula is C23H24N4O2. The van der Waals surface area contributed by atoms with Gasteiger partial charge < -0.3 is 15.4 Å². The largest absolute Gasteiger partial charge is 0.457 e. The molecule has 0 bridgehead atoms. The second kappa shape index (κ2) is 8.22. The highest BCUT2D eigenvalue weighted by atomic mass is 16.5. The van der Waals surface area contributed by atoms with Crippen molar-refractivity contribution in [2.24, 2.45) is 0 Å². The van der Waals surface area contributed by atoms with Crippen LogP contribution in [0.5, 0.6) is 11.5 Å². The zero-order chi connectivity index (χ0) is 20.2. The summed E-state index contributed by atoms with van der Waals surface area (Å²) in [5.41, 5.74) is 7.96. The molecule has 1 amide bonds. The Bertz CT molecular complexity index is 995. The molecule has 6 nitrogen and oxygen atoms in total. The first-order valence-electron chi connectivity index (χ1n) is 9.74. The van der Waals surface area contributed by atoms with Gasteiger partial charge in [-0.15, -0.1) is 0 Å². The van der Waals surface area contributed by atoms with Gasteiger partial charge in [-0.3, -0.25) is 9.48 Å². The average molecular weight is 388 g/mol. The van der Waals surface area contributed by atoms with Gasteiger partial charge in [-0.2, -0.15) is 5.10 Å². The first-order chi connectivity index (χ1) is 14.1. The summed E-state index contributed by atoms with van der Waals surface area (Å²) in [4.78, 5) is 13.9. The number of carbonyl (C=O) groups is 1. The van der Waals surface area contributed by atoms with E-state index in [1.54, 1.807) is 0 Å². The molecule has 2 aromatic carbocycles. The van der Waals surface area contributed by atoms with Gasteiger partial charge in [0.15, 0.2) is 0 Å². The van der Waals surface area contributed by atoms with Gasteiger partial charge in [-0.1, -0.05) is 24.8 Å². The number of amides is 1. The summed E-state index contributed by atoms with van der Waals surface area (Å²) in [5.74, 6) is 1.98. The Morgan fingerprint density at radius 1 is 1.14 bits per heavy atom. The zero-order valence-electron chi connectivity index (χ0n) is 16.2. The molecule has 1 saturated heterocycles. The van der Waals surface area contributed by atoms with Gasteiger partial charge in [0.2, 0.25) is 5.91 Å². The van der Waals surface area contributed by atoms with E-state index < -0.39 is 0 Å². The lowest BCUT2D eigenvalue weighted by atomic mass is 10.0. The second-order valence-electron chi connectivity index (χ2n) is 7.12. The highest BCUT2D eigenvalue weighted by Gasteiger charge is 2.26. The van der Waals surface area contributed by atoms with Crippen molar-refractivity contribution >= 4 is 11.7 Å². The van der Waals surface area contributed by atoms with Crippen molar-refractivity contribution in [2.75, 3.05) is 18.8 Å². The molecule has 2 N–H and O–H groups in total. The number of anilines is 1. The molecule has 148 valence electrons. The van der Waals surface area contributed by atoms with Crippen LogP contribution in [-0.4, -0.2) is 33.7 Å². The fraction of sp³-hybridized carbons (Fsp3) is 0.217. The number of hydrogen-bond acceptors (Lipinski definition) is 4. The number of likely N-dealkylation sites (tertiary alicyclic amines) is 1. The minimum Gasteiger partial charge on any atom is -0.457 e. The third-order valence-electron chi connectivity index (χ3n) is 5.11. The molecule has 1 fully saturated rings. The smallest absolute Gasteiger partial charge is 0.246 e. The van der Waals surface area contributed by atoms with Crippen molar-refractivity contribution in [3.05, 3.63) is 73.3 Å². The molecular weight excluding hydrogens is 364 g/mol. The maximum atomic E-state index is 12.0. The number of benzene rings is 2. The topological polar surface area (TPSA) is 73.4 Å². The van der Waals surface area contributed by atoms with E-state index in [4.69, 9.17) is 10.5 Å². The summed E-state index contributed by atoms with van der Waals surface area (Å²) < 4.78 is 7.82. The lowest BCUT2D eigenvalue weighted by Crippen LogP contribution is -2.40. The number of para-hydroxylation sites is 1. The molecule has 2 heterocycles. The summed E-state index contributed by atoms with van der Waals surface area (Å²) in [5, 5.41) is 4.52. The van der Waals surface area contributed by atoms with Crippen LogP contribution in [0.3, 0.4) is 0 Å². The van der Waals surface area contributed by atoms with Gasteiger partial charge in [0.1, 0.15) is 17.3 Å². The number of hydrogen-bond donors (Lipinski definition) is 1. The van der Waals surface area contributed by atoms with Crippen LogP contribution < -0.4 is 10.5 Å². The Labute approximate surface area is 170 Å². The number of rotatable bonds is 5. The van der Waals surface area contributed by atoms with Gasteiger partial charge >= 0.3 is 0 Å². The maximum Gasteiger partial charge on any atom is 0.246 e. The molecule has 3 aromatic rings. The first kappa shape index (κ1) is 18.8. The Hall–Kier alpha value is -3.54. The molecule has 0 radical (unpaired) electrons. The Morgan fingerprint density at radius 3 is 2.59 bits per heavy atom. The SMILES string of the molecule is C=CC(=O)N1CCC[C@H](n2nc(N)cc2-c2ccc(Oc3ccccc3)cc2)C1. The third kappa shape index (κ3) is 4.16. The van der Waals surface area contributed by atoms with E-state index in [0.717, 1.165) is 42.1 Å². The Balaban J connectivity index is 1.56. The Morgan fingerprint density at radius 2 is 1.86 bits per heavy atom. The predicted molar refractivity (Wildman–Crippen MR) is 114 cm³/mol. The van der Waals surface area contributed by atoms with Crippen molar-refractivity contribution in [3.8, 4) is 22.8 Å². The van der Waals surface area contributed by atoms with Crippen LogP contribution in [0, 0.1) is 0 Å². The fourth-order valence-electron chi connectivity index (χ4n) is 3.71. The quantitative estimate of drug-likeness (QED) is 0.662. The summed E-state index contributed by atoms with van der Waals surface area (Å²) in [7, 11) is 0. The predicted octanol–water partition coefficient (Wildman–Crippen LogP) is 4.27. The van der Waals surface area contributed by atoms with Gasteiger partial charge in [-0.05, 0) is 55.3 Å². The zero-order valence-corrected chi connectivity index (χ0v) is 16.2. The van der Waals surface area contributed by atoms with Crippen LogP contribution in [0.25, 0.3) is 11.3 Å². The van der Waals surface area contributed by atoms with Gasteiger partial charge in [0, 0.05) is 24.7 Å². The van der Waals surface area contributed by atoms with Crippen LogP contribution >= 0.6 is 0 Å². The van der Waals surface area contributed by atoms with E-state index in [1.807, 2.05) is 70.2 Å². The number of nitrogen functional groups attached to an aromatic ring is 1. The number of nitrogens with two attached hydrogens (primary N) is 1. The van der Waals surface area contributed by atoms with Crippen molar-refractivity contribution in [1.82, 2.24) is 14.7 Å².